The van der Waals surface area contributed by atoms with Crippen molar-refractivity contribution in [1.29, 1.82) is 0 Å². The first-order valence-corrected chi connectivity index (χ1v) is 10.0. The molecule has 0 spiro atoms. The lowest BCUT2D eigenvalue weighted by Crippen LogP contribution is -2.47. The van der Waals surface area contributed by atoms with Gasteiger partial charge in [-0.25, -0.2) is 4.39 Å². The lowest BCUT2D eigenvalue weighted by atomic mass is 9.94. The summed E-state index contributed by atoms with van der Waals surface area (Å²) in [7, 11) is 2.01. The lowest BCUT2D eigenvalue weighted by Gasteiger charge is -2.29. The van der Waals surface area contributed by atoms with Crippen molar-refractivity contribution in [3.63, 3.8) is 0 Å². The molecule has 0 fully saturated rings. The van der Waals surface area contributed by atoms with E-state index in [1.807, 2.05) is 31.3 Å². The number of aliphatic hydroxyl groups is 1. The number of likely N-dealkylation sites (N-methyl/N-ethyl adjacent to an activating group) is 1. The van der Waals surface area contributed by atoms with Crippen molar-refractivity contribution in [3.05, 3.63) is 69.4 Å². The number of hydrogen-bond acceptors (Lipinski definition) is 3. The van der Waals surface area contributed by atoms with Crippen LogP contribution in [0.15, 0.2) is 46.9 Å². The molecule has 27 heavy (non-hydrogen) atoms. The Morgan fingerprint density at radius 3 is 2.41 bits per heavy atom. The van der Waals surface area contributed by atoms with Gasteiger partial charge >= 0.3 is 0 Å². The Morgan fingerprint density at radius 2 is 1.78 bits per heavy atom. The normalized spacial score (nSPS) is 13.2. The van der Waals surface area contributed by atoms with E-state index >= 15 is 0 Å². The van der Waals surface area contributed by atoms with Crippen molar-refractivity contribution >= 4 is 15.9 Å². The SMILES string of the molecule is Cc1ccc(CC(C)(C)NC[C@@H](O)CN(C)Cc2ccc(Br)cc2)cc1F. The number of benzene rings is 2. The minimum Gasteiger partial charge on any atom is -0.390 e. The molecule has 0 heterocycles. The maximum Gasteiger partial charge on any atom is 0.126 e. The van der Waals surface area contributed by atoms with E-state index in [1.165, 1.54) is 5.56 Å². The molecule has 2 aromatic rings. The molecule has 148 valence electrons. The zero-order valence-electron chi connectivity index (χ0n) is 16.6. The molecule has 0 saturated carbocycles. The maximum absolute atomic E-state index is 13.7. The molecule has 0 bridgehead atoms. The smallest absolute Gasteiger partial charge is 0.126 e. The van der Waals surface area contributed by atoms with E-state index < -0.39 is 6.10 Å². The zero-order valence-corrected chi connectivity index (χ0v) is 18.2. The first kappa shape index (κ1) is 22.0. The number of nitrogens with zero attached hydrogens (tertiary/aromatic N) is 1. The molecule has 2 rings (SSSR count). The third-order valence-corrected chi connectivity index (χ3v) is 5.12. The molecule has 0 aromatic heterocycles. The van der Waals surface area contributed by atoms with Gasteiger partial charge in [-0.1, -0.05) is 40.2 Å². The summed E-state index contributed by atoms with van der Waals surface area (Å²) >= 11 is 3.44. The minimum absolute atomic E-state index is 0.169. The summed E-state index contributed by atoms with van der Waals surface area (Å²) in [5, 5.41) is 13.8. The first-order valence-electron chi connectivity index (χ1n) is 9.26. The quantitative estimate of drug-likeness (QED) is 0.614. The van der Waals surface area contributed by atoms with Gasteiger partial charge in [0.25, 0.3) is 0 Å². The highest BCUT2D eigenvalue weighted by molar-refractivity contribution is 9.10. The topological polar surface area (TPSA) is 35.5 Å². The maximum atomic E-state index is 13.7. The number of β-amino-alcohol motifs (C(OH)–C–C–N with tert-alkyl or cyclic N) is 1. The molecule has 0 radical (unpaired) electrons. The Hall–Kier alpha value is -1.27. The fourth-order valence-corrected chi connectivity index (χ4v) is 3.37. The van der Waals surface area contributed by atoms with Crippen LogP contribution in [-0.2, 0) is 13.0 Å². The lowest BCUT2D eigenvalue weighted by molar-refractivity contribution is 0.113. The van der Waals surface area contributed by atoms with Gasteiger partial charge in [-0.2, -0.15) is 0 Å². The Balaban J connectivity index is 1.79. The highest BCUT2D eigenvalue weighted by Crippen LogP contribution is 2.16. The largest absolute Gasteiger partial charge is 0.390 e. The van der Waals surface area contributed by atoms with Gasteiger partial charge in [-0.3, -0.25) is 4.90 Å². The average molecular weight is 437 g/mol. The van der Waals surface area contributed by atoms with Crippen LogP contribution in [0.25, 0.3) is 0 Å². The van der Waals surface area contributed by atoms with E-state index in [-0.39, 0.29) is 11.4 Å². The van der Waals surface area contributed by atoms with E-state index in [2.05, 4.69) is 52.1 Å². The Morgan fingerprint density at radius 1 is 1.15 bits per heavy atom. The first-order chi connectivity index (χ1) is 12.6. The summed E-state index contributed by atoms with van der Waals surface area (Å²) in [6.45, 7) is 7.77. The van der Waals surface area contributed by atoms with Crippen LogP contribution in [0.5, 0.6) is 0 Å². The molecule has 0 saturated heterocycles. The predicted octanol–water partition coefficient (Wildman–Crippen LogP) is 4.30. The van der Waals surface area contributed by atoms with Gasteiger partial charge in [0, 0.05) is 29.6 Å². The van der Waals surface area contributed by atoms with Crippen LogP contribution in [0.1, 0.15) is 30.5 Å². The van der Waals surface area contributed by atoms with Crippen LogP contribution in [0, 0.1) is 12.7 Å². The third-order valence-electron chi connectivity index (χ3n) is 4.59. The Bertz CT molecular complexity index is 734. The van der Waals surface area contributed by atoms with Crippen molar-refractivity contribution in [1.82, 2.24) is 10.2 Å². The van der Waals surface area contributed by atoms with Crippen molar-refractivity contribution in [3.8, 4) is 0 Å². The molecule has 3 nitrogen and oxygen atoms in total. The van der Waals surface area contributed by atoms with Crippen LogP contribution in [-0.4, -0.2) is 41.8 Å². The van der Waals surface area contributed by atoms with Gasteiger partial charge in [0.1, 0.15) is 5.82 Å². The van der Waals surface area contributed by atoms with Crippen LogP contribution in [0.4, 0.5) is 4.39 Å². The molecule has 5 heteroatoms. The van der Waals surface area contributed by atoms with E-state index in [0.717, 1.165) is 16.6 Å². The Kier molecular flexibility index (Phi) is 7.98. The summed E-state index contributed by atoms with van der Waals surface area (Å²) in [4.78, 5) is 2.11. The number of rotatable bonds is 9. The van der Waals surface area contributed by atoms with E-state index in [4.69, 9.17) is 0 Å². The average Bonchev–Trinajstić information content (AvgIpc) is 2.58. The third kappa shape index (κ3) is 7.70. The summed E-state index contributed by atoms with van der Waals surface area (Å²) in [5.41, 5.74) is 2.60. The highest BCUT2D eigenvalue weighted by atomic mass is 79.9. The summed E-state index contributed by atoms with van der Waals surface area (Å²) < 4.78 is 14.8. The van der Waals surface area contributed by atoms with Crippen molar-refractivity contribution in [2.75, 3.05) is 20.1 Å². The highest BCUT2D eigenvalue weighted by Gasteiger charge is 2.20. The standard InChI is InChI=1S/C22H30BrFN2O/c1-16-5-6-18(11-21(16)24)12-22(2,3)25-13-20(27)15-26(4)14-17-7-9-19(23)10-8-17/h5-11,20,25,27H,12-15H2,1-4H3/t20-/m1/s1. The molecule has 0 amide bonds. The second kappa shape index (κ2) is 9.78. The minimum atomic E-state index is -0.473. The molecule has 1 atom stereocenters. The molecule has 2 aromatic carbocycles. The second-order valence-electron chi connectivity index (χ2n) is 8.00. The van der Waals surface area contributed by atoms with Gasteiger partial charge < -0.3 is 10.4 Å². The Labute approximate surface area is 170 Å². The van der Waals surface area contributed by atoms with E-state index in [1.54, 1.807) is 13.0 Å². The molecule has 0 unspecified atom stereocenters. The number of hydrogen-bond donors (Lipinski definition) is 2. The van der Waals surface area contributed by atoms with Crippen LogP contribution in [0.3, 0.4) is 0 Å². The zero-order chi connectivity index (χ0) is 20.0. The van der Waals surface area contributed by atoms with Gasteiger partial charge in [0.15, 0.2) is 0 Å². The predicted molar refractivity (Wildman–Crippen MR) is 113 cm³/mol. The number of nitrogens with one attached hydrogen (secondary N) is 1. The fourth-order valence-electron chi connectivity index (χ4n) is 3.10. The van der Waals surface area contributed by atoms with Crippen molar-refractivity contribution < 1.29 is 9.50 Å². The molecule has 2 N–H and O–H groups in total. The second-order valence-corrected chi connectivity index (χ2v) is 8.92. The van der Waals surface area contributed by atoms with Gasteiger partial charge in [0.2, 0.25) is 0 Å². The van der Waals surface area contributed by atoms with Crippen LogP contribution >= 0.6 is 15.9 Å². The monoisotopic (exact) mass is 436 g/mol. The number of halogens is 2. The summed E-state index contributed by atoms with van der Waals surface area (Å²) in [6.07, 6.45) is 0.227. The number of aliphatic hydroxyl groups excluding tert-OH is 1. The molecular weight excluding hydrogens is 407 g/mol. The van der Waals surface area contributed by atoms with Crippen LogP contribution < -0.4 is 5.32 Å². The number of aryl methyl sites for hydroxylation is 1. The summed E-state index contributed by atoms with van der Waals surface area (Å²) in [5.74, 6) is -0.169. The van der Waals surface area contributed by atoms with Gasteiger partial charge in [0.05, 0.1) is 6.10 Å². The summed E-state index contributed by atoms with van der Waals surface area (Å²) in [6, 6.07) is 13.6. The van der Waals surface area contributed by atoms with E-state index in [9.17, 15) is 9.50 Å². The van der Waals surface area contributed by atoms with Gasteiger partial charge in [-0.05, 0) is 69.1 Å². The molecule has 0 aliphatic heterocycles. The van der Waals surface area contributed by atoms with Crippen molar-refractivity contribution in [2.24, 2.45) is 0 Å². The van der Waals surface area contributed by atoms with Crippen LogP contribution in [0.2, 0.25) is 0 Å². The van der Waals surface area contributed by atoms with E-state index in [0.29, 0.717) is 25.1 Å². The molecule has 0 aliphatic carbocycles. The van der Waals surface area contributed by atoms with Crippen molar-refractivity contribution in [2.45, 2.75) is 45.4 Å². The van der Waals surface area contributed by atoms with Gasteiger partial charge in [-0.15, -0.1) is 0 Å². The fraction of sp³-hybridized carbons (Fsp3) is 0.455. The molecular formula is C22H30BrFN2O. The molecule has 0 aliphatic rings.